The molecule has 0 aromatic heterocycles. The first-order valence-corrected chi connectivity index (χ1v) is 7.63. The van der Waals surface area contributed by atoms with Crippen LogP contribution in [-0.2, 0) is 19.1 Å². The molecule has 1 rings (SSSR count). The molecule has 0 saturated heterocycles. The number of carbonyl (C=O) groups is 2. The fourth-order valence-corrected chi connectivity index (χ4v) is 2.03. The largest absolute Gasteiger partial charge is 0.459 e. The van der Waals surface area contributed by atoms with Crippen molar-refractivity contribution in [3.05, 3.63) is 0 Å². The summed E-state index contributed by atoms with van der Waals surface area (Å²) in [5.41, 5.74) is -1.80. The minimum Gasteiger partial charge on any atom is -0.459 e. The van der Waals surface area contributed by atoms with E-state index < -0.39 is 17.0 Å². The predicted octanol–water partition coefficient (Wildman–Crippen LogP) is 4.89. The Labute approximate surface area is 136 Å². The molecule has 1 aliphatic carbocycles. The summed E-state index contributed by atoms with van der Waals surface area (Å²) in [5, 5.41) is 0. The topological polar surface area (TPSA) is 52.6 Å². The first-order chi connectivity index (χ1) is 9.19. The van der Waals surface area contributed by atoms with Crippen molar-refractivity contribution >= 4 is 11.9 Å². The monoisotopic (exact) mass is 316 g/mol. The lowest BCUT2D eigenvalue weighted by Gasteiger charge is -2.31. The maximum absolute atomic E-state index is 12.2. The van der Waals surface area contributed by atoms with Gasteiger partial charge in [0, 0.05) is 0 Å². The van der Waals surface area contributed by atoms with E-state index in [0.29, 0.717) is 6.42 Å². The summed E-state index contributed by atoms with van der Waals surface area (Å²) in [5.74, 6) is -0.796. The van der Waals surface area contributed by atoms with Gasteiger partial charge in [-0.25, -0.2) is 4.79 Å². The fourth-order valence-electron chi connectivity index (χ4n) is 2.03. The Hall–Kier alpha value is -1.06. The third-order valence-electron chi connectivity index (χ3n) is 4.10. The van der Waals surface area contributed by atoms with E-state index in [9.17, 15) is 9.59 Å². The van der Waals surface area contributed by atoms with Gasteiger partial charge in [0.2, 0.25) is 5.60 Å². The molecule has 22 heavy (non-hydrogen) atoms. The van der Waals surface area contributed by atoms with Crippen LogP contribution < -0.4 is 0 Å². The molecule has 4 nitrogen and oxygen atoms in total. The van der Waals surface area contributed by atoms with Crippen molar-refractivity contribution in [1.82, 2.24) is 0 Å². The molecule has 0 unspecified atom stereocenters. The summed E-state index contributed by atoms with van der Waals surface area (Å²) in [4.78, 5) is 24.3. The Morgan fingerprint density at radius 3 is 1.91 bits per heavy atom. The normalized spacial score (nSPS) is 16.0. The summed E-state index contributed by atoms with van der Waals surface area (Å²) in [7, 11) is 0. The summed E-state index contributed by atoms with van der Waals surface area (Å²) in [6.07, 6.45) is 5.87. The SMILES string of the molecule is C.C.CCC(C)(C)C(=O)OC(C)(C)C(=O)OC1CCCCC1. The van der Waals surface area contributed by atoms with Crippen LogP contribution in [0.15, 0.2) is 0 Å². The van der Waals surface area contributed by atoms with Gasteiger partial charge >= 0.3 is 11.9 Å². The molecule has 0 N–H and O–H groups in total. The molecule has 0 aromatic rings. The summed E-state index contributed by atoms with van der Waals surface area (Å²) in [6.45, 7) is 8.76. The lowest BCUT2D eigenvalue weighted by atomic mass is 9.90. The maximum Gasteiger partial charge on any atom is 0.350 e. The molecule has 1 fully saturated rings. The van der Waals surface area contributed by atoms with Gasteiger partial charge in [-0.05, 0) is 59.8 Å². The molecular weight excluding hydrogens is 280 g/mol. The highest BCUT2D eigenvalue weighted by Gasteiger charge is 2.39. The second-order valence-electron chi connectivity index (χ2n) is 6.80. The summed E-state index contributed by atoms with van der Waals surface area (Å²) in [6, 6.07) is 0. The molecule has 0 aromatic carbocycles. The van der Waals surface area contributed by atoms with Crippen molar-refractivity contribution in [2.24, 2.45) is 5.41 Å². The van der Waals surface area contributed by atoms with Gasteiger partial charge in [-0.3, -0.25) is 4.79 Å². The highest BCUT2D eigenvalue weighted by atomic mass is 16.6. The molecule has 0 heterocycles. The van der Waals surface area contributed by atoms with Crippen molar-refractivity contribution in [2.75, 3.05) is 0 Å². The second-order valence-corrected chi connectivity index (χ2v) is 6.80. The van der Waals surface area contributed by atoms with Crippen LogP contribution in [0.3, 0.4) is 0 Å². The highest BCUT2D eigenvalue weighted by molar-refractivity contribution is 5.84. The molecule has 0 radical (unpaired) electrons. The quantitative estimate of drug-likeness (QED) is 0.677. The van der Waals surface area contributed by atoms with Crippen LogP contribution >= 0.6 is 0 Å². The van der Waals surface area contributed by atoms with E-state index in [1.807, 2.05) is 20.8 Å². The van der Waals surface area contributed by atoms with Gasteiger partial charge in [-0.2, -0.15) is 0 Å². The molecule has 1 saturated carbocycles. The van der Waals surface area contributed by atoms with Gasteiger partial charge < -0.3 is 9.47 Å². The van der Waals surface area contributed by atoms with E-state index in [1.165, 1.54) is 6.42 Å². The van der Waals surface area contributed by atoms with Crippen LogP contribution in [0.25, 0.3) is 0 Å². The zero-order valence-corrected chi connectivity index (χ0v) is 13.5. The van der Waals surface area contributed by atoms with Crippen molar-refractivity contribution < 1.29 is 19.1 Å². The van der Waals surface area contributed by atoms with E-state index in [1.54, 1.807) is 13.8 Å². The molecule has 4 heteroatoms. The molecule has 132 valence electrons. The van der Waals surface area contributed by atoms with Crippen molar-refractivity contribution in [3.63, 3.8) is 0 Å². The minimum atomic E-state index is -1.22. The summed E-state index contributed by atoms with van der Waals surface area (Å²) < 4.78 is 10.9. The van der Waals surface area contributed by atoms with Crippen LogP contribution in [0, 0.1) is 5.41 Å². The predicted molar refractivity (Wildman–Crippen MR) is 90.7 cm³/mol. The molecular formula is C18H36O4. The number of ether oxygens (including phenoxy) is 2. The van der Waals surface area contributed by atoms with Gasteiger partial charge in [0.05, 0.1) is 5.41 Å². The van der Waals surface area contributed by atoms with E-state index in [2.05, 4.69) is 0 Å². The fraction of sp³-hybridized carbons (Fsp3) is 0.889. The minimum absolute atomic E-state index is 0. The molecule has 0 bridgehead atoms. The van der Waals surface area contributed by atoms with Crippen molar-refractivity contribution in [1.29, 1.82) is 0 Å². The molecule has 0 spiro atoms. The lowest BCUT2D eigenvalue weighted by molar-refractivity contribution is -0.188. The van der Waals surface area contributed by atoms with Crippen LogP contribution in [0.5, 0.6) is 0 Å². The second kappa shape index (κ2) is 9.16. The van der Waals surface area contributed by atoms with E-state index in [4.69, 9.17) is 9.47 Å². The van der Waals surface area contributed by atoms with E-state index in [-0.39, 0.29) is 26.9 Å². The van der Waals surface area contributed by atoms with Crippen LogP contribution in [0.2, 0.25) is 0 Å². The Morgan fingerprint density at radius 1 is 0.955 bits per heavy atom. The first-order valence-electron chi connectivity index (χ1n) is 7.63. The molecule has 1 aliphatic rings. The smallest absolute Gasteiger partial charge is 0.350 e. The number of carbonyl (C=O) groups excluding carboxylic acids is 2. The van der Waals surface area contributed by atoms with E-state index >= 15 is 0 Å². The Kier molecular flexibility index (Phi) is 9.67. The average Bonchev–Trinajstić information content (AvgIpc) is 2.39. The molecule has 0 atom stereocenters. The number of esters is 2. The maximum atomic E-state index is 12.2. The zero-order valence-electron chi connectivity index (χ0n) is 13.5. The summed E-state index contributed by atoms with van der Waals surface area (Å²) >= 11 is 0. The van der Waals surface area contributed by atoms with E-state index in [0.717, 1.165) is 25.7 Å². The molecule has 0 amide bonds. The Morgan fingerprint density at radius 2 is 1.45 bits per heavy atom. The van der Waals surface area contributed by atoms with Gasteiger partial charge in [-0.15, -0.1) is 0 Å². The third-order valence-corrected chi connectivity index (χ3v) is 4.10. The van der Waals surface area contributed by atoms with Crippen LogP contribution in [0.1, 0.15) is 88.0 Å². The Balaban J connectivity index is 0. The standard InChI is InChI=1S/C16H28O4.2CH4/c1-6-15(2,3)13(17)20-16(4,5)14(18)19-12-10-8-7-9-11-12;;/h12H,6-11H2,1-5H3;2*1H4. The van der Waals surface area contributed by atoms with Crippen molar-refractivity contribution in [3.8, 4) is 0 Å². The first kappa shape index (κ1) is 23.2. The van der Waals surface area contributed by atoms with Crippen molar-refractivity contribution in [2.45, 2.75) is 99.7 Å². The van der Waals surface area contributed by atoms with Crippen LogP contribution in [0.4, 0.5) is 0 Å². The third kappa shape index (κ3) is 6.37. The number of rotatable bonds is 5. The van der Waals surface area contributed by atoms with Gasteiger partial charge in [0.1, 0.15) is 6.10 Å². The van der Waals surface area contributed by atoms with Crippen LogP contribution in [-0.4, -0.2) is 23.6 Å². The highest BCUT2D eigenvalue weighted by Crippen LogP contribution is 2.27. The lowest BCUT2D eigenvalue weighted by Crippen LogP contribution is -2.43. The van der Waals surface area contributed by atoms with Gasteiger partial charge in [0.25, 0.3) is 0 Å². The Bertz CT molecular complexity index is 352. The number of hydrogen-bond acceptors (Lipinski definition) is 4. The molecule has 0 aliphatic heterocycles. The zero-order chi connectivity index (χ0) is 15.4. The van der Waals surface area contributed by atoms with Gasteiger partial charge in [-0.1, -0.05) is 28.2 Å². The average molecular weight is 316 g/mol. The number of hydrogen-bond donors (Lipinski definition) is 0. The van der Waals surface area contributed by atoms with Gasteiger partial charge in [0.15, 0.2) is 0 Å².